The molecule has 158 valence electrons. The molecule has 30 heavy (non-hydrogen) atoms. The molecule has 7 nitrogen and oxygen atoms in total. The third-order valence-corrected chi connectivity index (χ3v) is 5.31. The largest absolute Gasteiger partial charge is 0.451 e. The van der Waals surface area contributed by atoms with Crippen molar-refractivity contribution >= 4 is 5.91 Å². The van der Waals surface area contributed by atoms with Crippen molar-refractivity contribution in [3.63, 3.8) is 0 Å². The summed E-state index contributed by atoms with van der Waals surface area (Å²) < 4.78 is 42.2. The van der Waals surface area contributed by atoms with Gasteiger partial charge in [0, 0.05) is 24.3 Å². The molecule has 1 unspecified atom stereocenters. The minimum absolute atomic E-state index is 0.00128. The molecular weight excluding hydrogens is 397 g/mol. The van der Waals surface area contributed by atoms with Crippen LogP contribution in [0.2, 0.25) is 0 Å². The van der Waals surface area contributed by atoms with Gasteiger partial charge >= 0.3 is 6.18 Å². The van der Waals surface area contributed by atoms with Crippen LogP contribution in [0.3, 0.4) is 0 Å². The SMILES string of the molecule is Cc1cc(C)n(Cc2cccc(C(=O)N3CCn4c(nnc4C(F)(F)F)C3C)c2)n1. The van der Waals surface area contributed by atoms with Crippen LogP contribution in [0.1, 0.15) is 51.9 Å². The Morgan fingerprint density at radius 1 is 1.17 bits per heavy atom. The fourth-order valence-corrected chi connectivity index (χ4v) is 3.85. The van der Waals surface area contributed by atoms with Gasteiger partial charge in [-0.1, -0.05) is 12.1 Å². The third kappa shape index (κ3) is 3.57. The Morgan fingerprint density at radius 2 is 1.93 bits per heavy atom. The van der Waals surface area contributed by atoms with Crippen LogP contribution >= 0.6 is 0 Å². The molecule has 0 bridgehead atoms. The Balaban J connectivity index is 1.57. The van der Waals surface area contributed by atoms with Crippen LogP contribution in [-0.4, -0.2) is 41.9 Å². The fraction of sp³-hybridized carbons (Fsp3) is 0.400. The maximum Gasteiger partial charge on any atom is 0.451 e. The van der Waals surface area contributed by atoms with Crippen molar-refractivity contribution in [2.24, 2.45) is 0 Å². The number of hydrogen-bond donors (Lipinski definition) is 0. The van der Waals surface area contributed by atoms with Gasteiger partial charge in [0.1, 0.15) is 0 Å². The van der Waals surface area contributed by atoms with E-state index in [4.69, 9.17) is 0 Å². The van der Waals surface area contributed by atoms with E-state index < -0.39 is 18.0 Å². The van der Waals surface area contributed by atoms with E-state index in [2.05, 4.69) is 15.3 Å². The van der Waals surface area contributed by atoms with Crippen molar-refractivity contribution in [2.45, 2.75) is 46.1 Å². The number of alkyl halides is 3. The van der Waals surface area contributed by atoms with Crippen LogP contribution in [0.15, 0.2) is 30.3 Å². The number of hydrogen-bond acceptors (Lipinski definition) is 4. The second-order valence-electron chi connectivity index (χ2n) is 7.49. The molecule has 4 rings (SSSR count). The van der Waals surface area contributed by atoms with Crippen molar-refractivity contribution < 1.29 is 18.0 Å². The number of aromatic nitrogens is 5. The lowest BCUT2D eigenvalue weighted by Gasteiger charge is -2.34. The van der Waals surface area contributed by atoms with Gasteiger partial charge in [0.05, 0.1) is 18.3 Å². The monoisotopic (exact) mass is 418 g/mol. The molecule has 2 aromatic heterocycles. The molecule has 0 saturated carbocycles. The second-order valence-corrected chi connectivity index (χ2v) is 7.49. The van der Waals surface area contributed by atoms with Crippen molar-refractivity contribution in [1.82, 2.24) is 29.4 Å². The van der Waals surface area contributed by atoms with Gasteiger partial charge < -0.3 is 9.47 Å². The van der Waals surface area contributed by atoms with Gasteiger partial charge in [-0.2, -0.15) is 18.3 Å². The van der Waals surface area contributed by atoms with Crippen LogP contribution in [0.4, 0.5) is 13.2 Å². The Morgan fingerprint density at radius 3 is 2.60 bits per heavy atom. The summed E-state index contributed by atoms with van der Waals surface area (Å²) in [7, 11) is 0. The molecule has 0 radical (unpaired) electrons. The zero-order chi connectivity index (χ0) is 21.6. The number of aryl methyl sites for hydroxylation is 2. The maximum absolute atomic E-state index is 13.1. The van der Waals surface area contributed by atoms with Gasteiger partial charge in [-0.15, -0.1) is 10.2 Å². The quantitative estimate of drug-likeness (QED) is 0.654. The van der Waals surface area contributed by atoms with Gasteiger partial charge in [0.2, 0.25) is 5.82 Å². The molecule has 0 saturated heterocycles. The summed E-state index contributed by atoms with van der Waals surface area (Å²) in [6.07, 6.45) is -4.57. The predicted octanol–water partition coefficient (Wildman–Crippen LogP) is 3.38. The molecule has 1 atom stereocenters. The molecule has 1 aromatic carbocycles. The molecule has 3 aromatic rings. The second kappa shape index (κ2) is 7.26. The highest BCUT2D eigenvalue weighted by Gasteiger charge is 2.41. The summed E-state index contributed by atoms with van der Waals surface area (Å²) in [6.45, 7) is 6.23. The molecular formula is C20H21F3N6O. The molecule has 0 N–H and O–H groups in total. The molecule has 1 aliphatic heterocycles. The van der Waals surface area contributed by atoms with Gasteiger partial charge in [-0.05, 0) is 44.5 Å². The van der Waals surface area contributed by atoms with Crippen molar-refractivity contribution in [3.05, 3.63) is 64.5 Å². The summed E-state index contributed by atoms with van der Waals surface area (Å²) in [5.41, 5.74) is 3.34. The fourth-order valence-electron chi connectivity index (χ4n) is 3.85. The van der Waals surface area contributed by atoms with E-state index in [9.17, 15) is 18.0 Å². The van der Waals surface area contributed by atoms with E-state index in [-0.39, 0.29) is 24.8 Å². The van der Waals surface area contributed by atoms with E-state index in [0.29, 0.717) is 12.1 Å². The smallest absolute Gasteiger partial charge is 0.327 e. The summed E-state index contributed by atoms with van der Waals surface area (Å²) in [6, 6.07) is 8.59. The lowest BCUT2D eigenvalue weighted by molar-refractivity contribution is -0.148. The third-order valence-electron chi connectivity index (χ3n) is 5.31. The summed E-state index contributed by atoms with van der Waals surface area (Å²) >= 11 is 0. The molecule has 1 amide bonds. The maximum atomic E-state index is 13.1. The number of fused-ring (bicyclic) bond motifs is 1. The Bertz CT molecular complexity index is 1100. The summed E-state index contributed by atoms with van der Waals surface area (Å²) in [5, 5.41) is 11.4. The molecule has 3 heterocycles. The molecule has 0 spiro atoms. The normalized spacial score (nSPS) is 16.6. The Hall–Kier alpha value is -3.17. The van der Waals surface area contributed by atoms with E-state index in [1.165, 1.54) is 4.90 Å². The van der Waals surface area contributed by atoms with E-state index in [1.54, 1.807) is 25.1 Å². The first kappa shape index (κ1) is 20.1. The van der Waals surface area contributed by atoms with Crippen LogP contribution in [0.5, 0.6) is 0 Å². The van der Waals surface area contributed by atoms with E-state index in [0.717, 1.165) is 21.5 Å². The highest BCUT2D eigenvalue weighted by Crippen LogP contribution is 2.33. The number of rotatable bonds is 3. The minimum Gasteiger partial charge on any atom is -0.327 e. The average molecular weight is 418 g/mol. The summed E-state index contributed by atoms with van der Waals surface area (Å²) in [4.78, 5) is 14.7. The molecule has 10 heteroatoms. The lowest BCUT2D eigenvalue weighted by Crippen LogP contribution is -2.42. The van der Waals surface area contributed by atoms with Crippen LogP contribution in [-0.2, 0) is 19.3 Å². The van der Waals surface area contributed by atoms with E-state index >= 15 is 0 Å². The number of amides is 1. The Labute approximate surface area is 171 Å². The van der Waals surface area contributed by atoms with E-state index in [1.807, 2.05) is 30.7 Å². The number of carbonyl (C=O) groups excluding carboxylic acids is 1. The first-order valence-corrected chi connectivity index (χ1v) is 9.56. The van der Waals surface area contributed by atoms with Gasteiger partial charge in [-0.3, -0.25) is 9.48 Å². The number of nitrogens with zero attached hydrogens (tertiary/aromatic N) is 6. The number of benzene rings is 1. The molecule has 0 fully saturated rings. The highest BCUT2D eigenvalue weighted by atomic mass is 19.4. The minimum atomic E-state index is -4.57. The highest BCUT2D eigenvalue weighted by molar-refractivity contribution is 5.94. The zero-order valence-corrected chi connectivity index (χ0v) is 16.8. The Kier molecular flexibility index (Phi) is 4.87. The van der Waals surface area contributed by atoms with Gasteiger partial charge in [0.25, 0.3) is 5.91 Å². The van der Waals surface area contributed by atoms with Crippen LogP contribution in [0, 0.1) is 13.8 Å². The summed E-state index contributed by atoms with van der Waals surface area (Å²) in [5.74, 6) is -1.13. The van der Waals surface area contributed by atoms with Crippen molar-refractivity contribution in [2.75, 3.05) is 6.54 Å². The standard InChI is InChI=1S/C20H21F3N6O/c1-12-9-13(2)29(26-12)11-15-5-4-6-16(10-15)18(30)27-7-8-28-17(14(27)3)24-25-19(28)20(21,22)23/h4-6,9-10,14H,7-8,11H2,1-3H3. The van der Waals surface area contributed by atoms with Crippen molar-refractivity contribution in [3.8, 4) is 0 Å². The first-order chi connectivity index (χ1) is 14.1. The first-order valence-electron chi connectivity index (χ1n) is 9.56. The van der Waals surface area contributed by atoms with Crippen molar-refractivity contribution in [1.29, 1.82) is 0 Å². The molecule has 0 aliphatic carbocycles. The zero-order valence-electron chi connectivity index (χ0n) is 16.8. The lowest BCUT2D eigenvalue weighted by atomic mass is 10.1. The number of carbonyl (C=O) groups is 1. The topological polar surface area (TPSA) is 68.8 Å². The van der Waals surface area contributed by atoms with Gasteiger partial charge in [0.15, 0.2) is 5.82 Å². The van der Waals surface area contributed by atoms with Crippen LogP contribution in [0.25, 0.3) is 0 Å². The molecule has 1 aliphatic rings. The predicted molar refractivity (Wildman–Crippen MR) is 102 cm³/mol. The number of halogens is 3. The average Bonchev–Trinajstić information content (AvgIpc) is 3.25. The van der Waals surface area contributed by atoms with Gasteiger partial charge in [-0.25, -0.2) is 0 Å². The van der Waals surface area contributed by atoms with Crippen LogP contribution < -0.4 is 0 Å².